The van der Waals surface area contributed by atoms with E-state index in [0.717, 1.165) is 37.9 Å². The lowest BCUT2D eigenvalue weighted by atomic mass is 10.1. The SMILES string of the molecule is C[C@@]12CCC(=O)N1[C@H](C(=O)N(C1CCCC1)C1CCCC1)CS2. The van der Waals surface area contributed by atoms with Crippen molar-refractivity contribution in [1.29, 1.82) is 0 Å². The fraction of sp³-hybridized carbons (Fsp3) is 0.889. The van der Waals surface area contributed by atoms with Crippen molar-refractivity contribution in [2.45, 2.75) is 94.1 Å². The molecule has 2 aliphatic heterocycles. The topological polar surface area (TPSA) is 40.6 Å². The van der Waals surface area contributed by atoms with Gasteiger partial charge in [0.2, 0.25) is 11.8 Å². The van der Waals surface area contributed by atoms with Gasteiger partial charge in [-0.2, -0.15) is 0 Å². The number of nitrogens with zero attached hydrogens (tertiary/aromatic N) is 2. The third-order valence-corrected chi connectivity index (χ3v) is 7.93. The van der Waals surface area contributed by atoms with E-state index < -0.39 is 0 Å². The van der Waals surface area contributed by atoms with E-state index in [4.69, 9.17) is 0 Å². The van der Waals surface area contributed by atoms with Gasteiger partial charge in [-0.1, -0.05) is 25.7 Å². The van der Waals surface area contributed by atoms with Crippen LogP contribution in [0.3, 0.4) is 0 Å². The average Bonchev–Trinajstić information content (AvgIpc) is 3.27. The minimum absolute atomic E-state index is 0.131. The lowest BCUT2D eigenvalue weighted by Gasteiger charge is -2.39. The van der Waals surface area contributed by atoms with E-state index in [1.54, 1.807) is 0 Å². The second-order valence-corrected chi connectivity index (χ2v) is 9.39. The summed E-state index contributed by atoms with van der Waals surface area (Å²) < 4.78 is 0. The smallest absolute Gasteiger partial charge is 0.246 e. The van der Waals surface area contributed by atoms with Crippen LogP contribution in [0.1, 0.15) is 71.1 Å². The first-order chi connectivity index (χ1) is 11.1. The van der Waals surface area contributed by atoms with Crippen molar-refractivity contribution in [1.82, 2.24) is 9.80 Å². The molecular weight excluding hydrogens is 308 g/mol. The van der Waals surface area contributed by atoms with Gasteiger partial charge >= 0.3 is 0 Å². The van der Waals surface area contributed by atoms with Gasteiger partial charge in [0.15, 0.2) is 0 Å². The molecule has 4 rings (SSSR count). The molecule has 2 atom stereocenters. The molecular formula is C18H28N2O2S. The summed E-state index contributed by atoms with van der Waals surface area (Å²) in [6, 6.07) is 0.654. The number of hydrogen-bond acceptors (Lipinski definition) is 3. The van der Waals surface area contributed by atoms with Gasteiger partial charge in [0, 0.05) is 24.3 Å². The first kappa shape index (κ1) is 15.8. The second-order valence-electron chi connectivity index (χ2n) is 7.89. The first-order valence-corrected chi connectivity index (χ1v) is 10.4. The Hall–Kier alpha value is -0.710. The molecule has 23 heavy (non-hydrogen) atoms. The zero-order chi connectivity index (χ0) is 16.0. The normalized spacial score (nSPS) is 35.3. The van der Waals surface area contributed by atoms with E-state index in [9.17, 15) is 9.59 Å². The van der Waals surface area contributed by atoms with Crippen molar-refractivity contribution >= 4 is 23.6 Å². The van der Waals surface area contributed by atoms with Crippen LogP contribution in [0, 0.1) is 0 Å². The highest BCUT2D eigenvalue weighted by molar-refractivity contribution is 8.01. The lowest BCUT2D eigenvalue weighted by molar-refractivity contribution is -0.147. The molecule has 4 nitrogen and oxygen atoms in total. The number of carbonyl (C=O) groups is 2. The van der Waals surface area contributed by atoms with Gasteiger partial charge in [-0.3, -0.25) is 9.59 Å². The van der Waals surface area contributed by atoms with E-state index in [-0.39, 0.29) is 22.7 Å². The molecule has 0 unspecified atom stereocenters. The monoisotopic (exact) mass is 336 g/mol. The predicted molar refractivity (Wildman–Crippen MR) is 92.1 cm³/mol. The Labute approximate surface area is 143 Å². The molecule has 0 aromatic carbocycles. The van der Waals surface area contributed by atoms with Gasteiger partial charge in [0.05, 0.1) is 4.87 Å². The Bertz CT molecular complexity index is 483. The molecule has 2 saturated carbocycles. The third-order valence-electron chi connectivity index (χ3n) is 6.42. The summed E-state index contributed by atoms with van der Waals surface area (Å²) in [5.41, 5.74) is 0. The van der Waals surface area contributed by atoms with Crippen molar-refractivity contribution in [2.75, 3.05) is 5.75 Å². The summed E-state index contributed by atoms with van der Waals surface area (Å²) in [6.07, 6.45) is 11.2. The van der Waals surface area contributed by atoms with E-state index in [1.807, 2.05) is 16.7 Å². The van der Waals surface area contributed by atoms with Crippen LogP contribution in [0.25, 0.3) is 0 Å². The fourth-order valence-electron chi connectivity index (χ4n) is 5.20. The highest BCUT2D eigenvalue weighted by Crippen LogP contribution is 2.48. The van der Waals surface area contributed by atoms with Crippen LogP contribution in [0.5, 0.6) is 0 Å². The fourth-order valence-corrected chi connectivity index (χ4v) is 6.62. The Kier molecular flexibility index (Phi) is 4.11. The molecule has 0 aromatic rings. The van der Waals surface area contributed by atoms with E-state index in [2.05, 4.69) is 11.8 Å². The molecule has 0 aromatic heterocycles. The zero-order valence-corrected chi connectivity index (χ0v) is 14.9. The molecule has 0 bridgehead atoms. The summed E-state index contributed by atoms with van der Waals surface area (Å²) in [5, 5.41) is 0. The van der Waals surface area contributed by atoms with Gasteiger partial charge in [0.25, 0.3) is 0 Å². The lowest BCUT2D eigenvalue weighted by Crippen LogP contribution is -2.55. The summed E-state index contributed by atoms with van der Waals surface area (Å²) in [5.74, 6) is 1.24. The van der Waals surface area contributed by atoms with Crippen molar-refractivity contribution in [2.24, 2.45) is 0 Å². The molecule has 0 radical (unpaired) electrons. The van der Waals surface area contributed by atoms with Crippen LogP contribution in [0.15, 0.2) is 0 Å². The quantitative estimate of drug-likeness (QED) is 0.795. The summed E-state index contributed by atoms with van der Waals surface area (Å²) in [7, 11) is 0. The highest BCUT2D eigenvalue weighted by atomic mass is 32.2. The van der Waals surface area contributed by atoms with Crippen molar-refractivity contribution in [3.8, 4) is 0 Å². The zero-order valence-electron chi connectivity index (χ0n) is 14.1. The molecule has 0 spiro atoms. The largest absolute Gasteiger partial charge is 0.335 e. The van der Waals surface area contributed by atoms with Crippen LogP contribution in [0.4, 0.5) is 0 Å². The van der Waals surface area contributed by atoms with Crippen LogP contribution >= 0.6 is 11.8 Å². The number of rotatable bonds is 3. The van der Waals surface area contributed by atoms with Gasteiger partial charge in [-0.05, 0) is 39.0 Å². The van der Waals surface area contributed by atoms with Crippen LogP contribution < -0.4 is 0 Å². The Balaban J connectivity index is 1.58. The maximum atomic E-state index is 13.5. The third kappa shape index (κ3) is 2.59. The van der Waals surface area contributed by atoms with Crippen LogP contribution in [-0.2, 0) is 9.59 Å². The molecule has 2 heterocycles. The number of amides is 2. The number of fused-ring (bicyclic) bond motifs is 1. The molecule has 2 aliphatic carbocycles. The molecule has 5 heteroatoms. The van der Waals surface area contributed by atoms with Crippen molar-refractivity contribution < 1.29 is 9.59 Å². The summed E-state index contributed by atoms with van der Waals surface area (Å²) >= 11 is 1.82. The molecule has 128 valence electrons. The molecule has 4 fully saturated rings. The average molecular weight is 337 g/mol. The molecule has 2 amide bonds. The van der Waals surface area contributed by atoms with Gasteiger partial charge in [-0.15, -0.1) is 11.8 Å². The van der Waals surface area contributed by atoms with Crippen molar-refractivity contribution in [3.05, 3.63) is 0 Å². The molecule has 4 aliphatic rings. The van der Waals surface area contributed by atoms with Crippen LogP contribution in [-0.4, -0.2) is 50.4 Å². The number of carbonyl (C=O) groups excluding carboxylic acids is 2. The van der Waals surface area contributed by atoms with E-state index in [1.165, 1.54) is 25.7 Å². The van der Waals surface area contributed by atoms with Crippen molar-refractivity contribution in [3.63, 3.8) is 0 Å². The van der Waals surface area contributed by atoms with Gasteiger partial charge in [0.1, 0.15) is 6.04 Å². The Morgan fingerprint density at radius 3 is 2.26 bits per heavy atom. The standard InChI is InChI=1S/C18H28N2O2S/c1-18-11-10-16(21)20(18)15(12-23-18)17(22)19(13-6-2-3-7-13)14-8-4-5-9-14/h13-15H,2-12H2,1H3/t15-,18+/m0/s1. The first-order valence-electron chi connectivity index (χ1n) is 9.38. The minimum Gasteiger partial charge on any atom is -0.335 e. The van der Waals surface area contributed by atoms with Crippen LogP contribution in [0.2, 0.25) is 0 Å². The van der Waals surface area contributed by atoms with Gasteiger partial charge in [-0.25, -0.2) is 0 Å². The minimum atomic E-state index is -0.207. The number of hydrogen-bond donors (Lipinski definition) is 0. The highest BCUT2D eigenvalue weighted by Gasteiger charge is 2.54. The summed E-state index contributed by atoms with van der Waals surface area (Å²) in [4.78, 5) is 29.9. The Morgan fingerprint density at radius 2 is 1.70 bits per heavy atom. The number of thioether (sulfide) groups is 1. The van der Waals surface area contributed by atoms with Gasteiger partial charge < -0.3 is 9.80 Å². The molecule has 2 saturated heterocycles. The molecule has 0 N–H and O–H groups in total. The Morgan fingerprint density at radius 1 is 1.13 bits per heavy atom. The van der Waals surface area contributed by atoms with E-state index in [0.29, 0.717) is 18.5 Å². The predicted octanol–water partition coefficient (Wildman–Crippen LogP) is 3.15. The second kappa shape index (κ2) is 5.98. The maximum absolute atomic E-state index is 13.5. The maximum Gasteiger partial charge on any atom is 0.246 e. The van der Waals surface area contributed by atoms with E-state index >= 15 is 0 Å². The summed E-state index contributed by atoms with van der Waals surface area (Å²) in [6.45, 7) is 2.14.